The monoisotopic (exact) mass is 390 g/mol. The molecule has 2 heterocycles. The highest BCUT2D eigenvalue weighted by Gasteiger charge is 2.75. The zero-order valence-corrected chi connectivity index (χ0v) is 14.2. The van der Waals surface area contributed by atoms with Gasteiger partial charge in [0.1, 0.15) is 6.54 Å². The van der Waals surface area contributed by atoms with Crippen molar-refractivity contribution in [2.24, 2.45) is 23.7 Å². The second-order valence-electron chi connectivity index (χ2n) is 7.14. The van der Waals surface area contributed by atoms with Crippen molar-refractivity contribution < 1.29 is 19.5 Å². The number of imide groups is 1. The van der Waals surface area contributed by atoms with E-state index in [9.17, 15) is 14.4 Å². The van der Waals surface area contributed by atoms with Crippen LogP contribution in [-0.2, 0) is 14.4 Å². The van der Waals surface area contributed by atoms with Crippen LogP contribution in [-0.4, -0.2) is 46.4 Å². The van der Waals surface area contributed by atoms with Gasteiger partial charge in [-0.05, 0) is 42.5 Å². The molecular formula is C17H15BrN2O4. The third-order valence-corrected chi connectivity index (χ3v) is 6.68. The summed E-state index contributed by atoms with van der Waals surface area (Å²) in [4.78, 5) is 39.4. The lowest BCUT2D eigenvalue weighted by molar-refractivity contribution is -0.150. The molecule has 2 aliphatic heterocycles. The van der Waals surface area contributed by atoms with Gasteiger partial charge in [0.25, 0.3) is 0 Å². The number of piperidine rings is 1. The molecular weight excluding hydrogens is 376 g/mol. The van der Waals surface area contributed by atoms with Crippen molar-refractivity contribution in [3.8, 4) is 0 Å². The molecule has 124 valence electrons. The molecule has 1 aromatic rings. The van der Waals surface area contributed by atoms with Crippen molar-refractivity contribution in [3.05, 3.63) is 28.7 Å². The number of amides is 2. The number of carboxylic acid groups (broad SMARTS) is 1. The molecule has 1 aromatic carbocycles. The predicted molar refractivity (Wildman–Crippen MR) is 87.1 cm³/mol. The quantitative estimate of drug-likeness (QED) is 0.622. The number of anilines is 1. The maximum Gasteiger partial charge on any atom is 0.323 e. The normalized spacial score (nSPS) is 38.5. The first-order chi connectivity index (χ1) is 11.5. The number of halogens is 1. The van der Waals surface area contributed by atoms with Crippen molar-refractivity contribution in [2.75, 3.05) is 11.4 Å². The lowest BCUT2D eigenvalue weighted by atomic mass is 9.81. The average Bonchev–Trinajstić information content (AvgIpc) is 2.90. The largest absolute Gasteiger partial charge is 0.480 e. The molecule has 1 N–H and O–H groups in total. The Morgan fingerprint density at radius 3 is 2.12 bits per heavy atom. The van der Waals surface area contributed by atoms with Gasteiger partial charge in [0.2, 0.25) is 11.8 Å². The first-order valence-corrected chi connectivity index (χ1v) is 8.89. The SMILES string of the molecule is O=C(O)CN1C(=O)[C@@H]2[C@H]3C[C@@H]([C@@H]2C1=O)[C@H]1[C@@H]3N1c1ccc(Br)cc1. The fourth-order valence-corrected chi connectivity index (χ4v) is 5.69. The van der Waals surface area contributed by atoms with Crippen LogP contribution >= 0.6 is 15.9 Å². The standard InChI is InChI=1S/C17H15BrN2O4/c18-7-1-3-8(4-2-7)20-14-9-5-10(15(14)20)13-12(9)16(23)19(17(13)24)6-11(21)22/h1-4,9-10,12-15H,5-6H2,(H,21,22)/t9-,10+,12-,13+,14-,15+,20?. The number of hydrogen-bond donors (Lipinski definition) is 1. The molecule has 2 saturated heterocycles. The summed E-state index contributed by atoms with van der Waals surface area (Å²) in [6, 6.07) is 8.74. The maximum absolute atomic E-state index is 12.6. The second kappa shape index (κ2) is 4.59. The third kappa shape index (κ3) is 1.68. The summed E-state index contributed by atoms with van der Waals surface area (Å²) in [5.74, 6) is -1.98. The van der Waals surface area contributed by atoms with Crippen molar-refractivity contribution in [2.45, 2.75) is 18.5 Å². The van der Waals surface area contributed by atoms with Crippen LogP contribution in [0.5, 0.6) is 0 Å². The number of nitrogens with zero attached hydrogens (tertiary/aromatic N) is 2. The molecule has 0 aromatic heterocycles. The molecule has 4 aliphatic rings. The summed E-state index contributed by atoms with van der Waals surface area (Å²) >= 11 is 3.43. The zero-order chi connectivity index (χ0) is 16.7. The van der Waals surface area contributed by atoms with Gasteiger partial charge in [-0.25, -0.2) is 0 Å². The van der Waals surface area contributed by atoms with Gasteiger partial charge in [0, 0.05) is 10.2 Å². The van der Waals surface area contributed by atoms with Crippen LogP contribution in [0.2, 0.25) is 0 Å². The summed E-state index contributed by atoms with van der Waals surface area (Å²) in [6.07, 6.45) is 0.913. The maximum atomic E-state index is 12.6. The topological polar surface area (TPSA) is 77.7 Å². The first kappa shape index (κ1) is 14.5. The van der Waals surface area contributed by atoms with Crippen LogP contribution in [0.4, 0.5) is 5.69 Å². The van der Waals surface area contributed by atoms with E-state index in [0.29, 0.717) is 12.1 Å². The molecule has 24 heavy (non-hydrogen) atoms. The molecule has 0 spiro atoms. The number of carbonyl (C=O) groups excluding carboxylic acids is 2. The van der Waals surface area contributed by atoms with Crippen LogP contribution in [0.15, 0.2) is 28.7 Å². The second-order valence-corrected chi connectivity index (χ2v) is 8.05. The Balaban J connectivity index is 1.43. The Kier molecular flexibility index (Phi) is 2.77. The number of hydrogen-bond acceptors (Lipinski definition) is 4. The number of carbonyl (C=O) groups is 3. The van der Waals surface area contributed by atoms with E-state index in [0.717, 1.165) is 21.5 Å². The fraction of sp³-hybridized carbons (Fsp3) is 0.471. The van der Waals surface area contributed by atoms with E-state index < -0.39 is 12.5 Å². The Morgan fingerprint density at radius 2 is 1.62 bits per heavy atom. The number of benzene rings is 1. The van der Waals surface area contributed by atoms with E-state index in [1.54, 1.807) is 0 Å². The molecule has 6 nitrogen and oxygen atoms in total. The minimum absolute atomic E-state index is 0.170. The van der Waals surface area contributed by atoms with Gasteiger partial charge in [-0.15, -0.1) is 0 Å². The number of rotatable bonds is 3. The number of carboxylic acids is 1. The number of aliphatic carboxylic acids is 1. The predicted octanol–water partition coefficient (Wildman–Crippen LogP) is 1.34. The van der Waals surface area contributed by atoms with Gasteiger partial charge in [0.05, 0.1) is 23.9 Å². The van der Waals surface area contributed by atoms with Gasteiger partial charge in [0.15, 0.2) is 0 Å². The van der Waals surface area contributed by atoms with Crippen molar-refractivity contribution >= 4 is 39.4 Å². The fourth-order valence-electron chi connectivity index (χ4n) is 5.42. The Bertz CT molecular complexity index is 745. The van der Waals surface area contributed by atoms with Crippen LogP contribution in [0.25, 0.3) is 0 Å². The smallest absolute Gasteiger partial charge is 0.323 e. The molecule has 2 bridgehead atoms. The van der Waals surface area contributed by atoms with E-state index in [4.69, 9.17) is 5.11 Å². The van der Waals surface area contributed by atoms with Gasteiger partial charge < -0.3 is 10.0 Å². The number of fused-ring (bicyclic) bond motifs is 8. The molecule has 7 heteroatoms. The van der Waals surface area contributed by atoms with E-state index in [-0.39, 0.29) is 35.5 Å². The summed E-state index contributed by atoms with van der Waals surface area (Å²) in [6.45, 7) is -0.504. The molecule has 2 saturated carbocycles. The highest BCUT2D eigenvalue weighted by Crippen LogP contribution is 2.66. The zero-order valence-electron chi connectivity index (χ0n) is 12.6. The van der Waals surface area contributed by atoms with E-state index in [1.165, 1.54) is 0 Å². The molecule has 0 radical (unpaired) electrons. The summed E-state index contributed by atoms with van der Waals surface area (Å²) in [7, 11) is 0. The van der Waals surface area contributed by atoms with Gasteiger partial charge in [-0.1, -0.05) is 15.9 Å². The van der Waals surface area contributed by atoms with Crippen LogP contribution in [0, 0.1) is 23.7 Å². The molecule has 6 atom stereocenters. The third-order valence-electron chi connectivity index (χ3n) is 6.15. The summed E-state index contributed by atoms with van der Waals surface area (Å²) < 4.78 is 1.02. The minimum atomic E-state index is -1.13. The van der Waals surface area contributed by atoms with Crippen LogP contribution < -0.4 is 4.90 Å². The van der Waals surface area contributed by atoms with E-state index in [1.807, 2.05) is 12.1 Å². The summed E-state index contributed by atoms with van der Waals surface area (Å²) in [5, 5.41) is 8.94. The number of likely N-dealkylation sites (tertiary alicyclic amines) is 1. The lowest BCUT2D eigenvalue weighted by Crippen LogP contribution is -2.38. The summed E-state index contributed by atoms with van der Waals surface area (Å²) in [5.41, 5.74) is 1.13. The molecule has 4 fully saturated rings. The van der Waals surface area contributed by atoms with Crippen LogP contribution in [0.1, 0.15) is 6.42 Å². The van der Waals surface area contributed by atoms with Gasteiger partial charge >= 0.3 is 5.97 Å². The van der Waals surface area contributed by atoms with Gasteiger partial charge in [-0.2, -0.15) is 0 Å². The lowest BCUT2D eigenvalue weighted by Gasteiger charge is -2.19. The van der Waals surface area contributed by atoms with E-state index in [2.05, 4.69) is 33.0 Å². The van der Waals surface area contributed by atoms with Crippen molar-refractivity contribution in [1.82, 2.24) is 4.90 Å². The Morgan fingerprint density at radius 1 is 1.08 bits per heavy atom. The van der Waals surface area contributed by atoms with Crippen molar-refractivity contribution in [1.29, 1.82) is 0 Å². The van der Waals surface area contributed by atoms with Gasteiger partial charge in [-0.3, -0.25) is 19.3 Å². The molecule has 0 unspecified atom stereocenters. The Labute approximate surface area is 146 Å². The minimum Gasteiger partial charge on any atom is -0.480 e. The van der Waals surface area contributed by atoms with E-state index >= 15 is 0 Å². The first-order valence-electron chi connectivity index (χ1n) is 8.10. The highest BCUT2D eigenvalue weighted by atomic mass is 79.9. The highest BCUT2D eigenvalue weighted by molar-refractivity contribution is 9.10. The molecule has 2 amide bonds. The molecule has 5 rings (SSSR count). The van der Waals surface area contributed by atoms with Crippen LogP contribution in [0.3, 0.4) is 0 Å². The van der Waals surface area contributed by atoms with Crippen molar-refractivity contribution in [3.63, 3.8) is 0 Å². The molecule has 2 aliphatic carbocycles. The average molecular weight is 391 g/mol. The Hall–Kier alpha value is -1.89.